The van der Waals surface area contributed by atoms with E-state index in [0.717, 1.165) is 22.6 Å². The number of nitrogens with one attached hydrogen (secondary N) is 1. The molecule has 1 unspecified atom stereocenters. The fourth-order valence-electron chi connectivity index (χ4n) is 1.86. The van der Waals surface area contributed by atoms with Crippen molar-refractivity contribution in [1.29, 1.82) is 0 Å². The van der Waals surface area contributed by atoms with Crippen molar-refractivity contribution in [3.8, 4) is 0 Å². The van der Waals surface area contributed by atoms with E-state index in [1.807, 2.05) is 13.0 Å². The molecule has 2 heteroatoms. The summed E-state index contributed by atoms with van der Waals surface area (Å²) in [6, 6.07) is 0. The number of allylic oxidation sites excluding steroid dienone is 5. The van der Waals surface area contributed by atoms with Gasteiger partial charge >= 0.3 is 0 Å². The van der Waals surface area contributed by atoms with Crippen LogP contribution in [0, 0.1) is 11.8 Å². The molecule has 92 valence electrons. The Bertz CT molecular complexity index is 409. The zero-order chi connectivity index (χ0) is 13.0. The normalized spacial score (nSPS) is 30.8. The van der Waals surface area contributed by atoms with Crippen molar-refractivity contribution >= 4 is 5.71 Å². The number of hydrogen-bond acceptors (Lipinski definition) is 2. The second-order valence-electron chi connectivity index (χ2n) is 4.77. The average molecular weight is 230 g/mol. The first-order chi connectivity index (χ1) is 7.95. The minimum absolute atomic E-state index is 0.297. The quantitative estimate of drug-likeness (QED) is 0.766. The third-order valence-electron chi connectivity index (χ3n) is 2.92. The Hall–Kier alpha value is -1.57. The van der Waals surface area contributed by atoms with Crippen molar-refractivity contribution in [1.82, 2.24) is 5.43 Å². The molecule has 0 radical (unpaired) electrons. The smallest absolute Gasteiger partial charge is 0.0519 e. The van der Waals surface area contributed by atoms with Crippen LogP contribution in [-0.4, -0.2) is 5.71 Å². The molecule has 0 saturated carbocycles. The Morgan fingerprint density at radius 3 is 2.65 bits per heavy atom. The molecule has 0 aromatic rings. The van der Waals surface area contributed by atoms with Crippen LogP contribution in [0.25, 0.3) is 0 Å². The van der Waals surface area contributed by atoms with Gasteiger partial charge in [0.1, 0.15) is 0 Å². The van der Waals surface area contributed by atoms with Crippen LogP contribution in [0.3, 0.4) is 0 Å². The third-order valence-corrected chi connectivity index (χ3v) is 2.92. The van der Waals surface area contributed by atoms with Crippen LogP contribution in [0.5, 0.6) is 0 Å². The van der Waals surface area contributed by atoms with Gasteiger partial charge in [0, 0.05) is 11.6 Å². The summed E-state index contributed by atoms with van der Waals surface area (Å²) >= 11 is 0. The van der Waals surface area contributed by atoms with Crippen LogP contribution in [0.15, 0.2) is 53.3 Å². The molecule has 0 aromatic carbocycles. The van der Waals surface area contributed by atoms with E-state index >= 15 is 0 Å². The molecule has 1 heterocycles. The molecule has 0 fully saturated rings. The first-order valence-electron chi connectivity index (χ1n) is 6.01. The second-order valence-corrected chi connectivity index (χ2v) is 4.77. The Kier molecular flexibility index (Phi) is 4.50. The molecular formula is C15H22N2. The average Bonchev–Trinajstić information content (AvgIpc) is 2.30. The lowest BCUT2D eigenvalue weighted by Gasteiger charge is -2.15. The predicted molar refractivity (Wildman–Crippen MR) is 75.7 cm³/mol. The van der Waals surface area contributed by atoms with Gasteiger partial charge in [0.15, 0.2) is 0 Å². The topological polar surface area (TPSA) is 24.4 Å². The largest absolute Gasteiger partial charge is 0.279 e. The van der Waals surface area contributed by atoms with E-state index in [1.54, 1.807) is 0 Å². The minimum atomic E-state index is 0.297. The molecule has 0 aromatic heterocycles. The van der Waals surface area contributed by atoms with Gasteiger partial charge in [-0.1, -0.05) is 52.2 Å². The van der Waals surface area contributed by atoms with Gasteiger partial charge in [0.05, 0.1) is 5.70 Å². The predicted octanol–water partition coefficient (Wildman–Crippen LogP) is 3.81. The fraction of sp³-hybridized carbons (Fsp3) is 0.400. The maximum absolute atomic E-state index is 4.47. The van der Waals surface area contributed by atoms with Crippen LogP contribution in [0.4, 0.5) is 0 Å². The molecule has 17 heavy (non-hydrogen) atoms. The Balaban J connectivity index is 3.21. The second kappa shape index (κ2) is 5.67. The zero-order valence-electron chi connectivity index (χ0n) is 11.2. The Labute approximate surface area is 104 Å². The summed E-state index contributed by atoms with van der Waals surface area (Å²) in [5.74, 6) is 0.705. The van der Waals surface area contributed by atoms with E-state index in [9.17, 15) is 0 Å². The monoisotopic (exact) mass is 230 g/mol. The number of hydrazone groups is 1. The molecule has 1 rings (SSSR count). The minimum Gasteiger partial charge on any atom is -0.279 e. The highest BCUT2D eigenvalue weighted by Gasteiger charge is 2.14. The number of rotatable bonds is 2. The van der Waals surface area contributed by atoms with Crippen LogP contribution in [-0.2, 0) is 0 Å². The van der Waals surface area contributed by atoms with Crippen molar-refractivity contribution in [2.45, 2.75) is 27.7 Å². The van der Waals surface area contributed by atoms with Crippen molar-refractivity contribution < 1.29 is 0 Å². The first-order valence-corrected chi connectivity index (χ1v) is 6.01. The molecule has 1 aliphatic heterocycles. The summed E-state index contributed by atoms with van der Waals surface area (Å²) in [5.41, 5.74) is 7.21. The maximum Gasteiger partial charge on any atom is 0.0519 e. The van der Waals surface area contributed by atoms with Gasteiger partial charge in [-0.05, 0) is 24.0 Å². The molecule has 1 atom stereocenters. The van der Waals surface area contributed by atoms with Gasteiger partial charge in [-0.15, -0.1) is 0 Å². The standard InChI is InChI=1S/C15H22N2/c1-7-14-8-11(4)13(6)16-17-15(10(2)3)12(5)9-14/h7-10,12,16H,1,6H2,2-5H3/b11-8+,14-9-,17-15-. The number of nitrogens with zero attached hydrogens (tertiary/aromatic N) is 1. The molecular weight excluding hydrogens is 208 g/mol. The lowest BCUT2D eigenvalue weighted by Crippen LogP contribution is -2.20. The lowest BCUT2D eigenvalue weighted by molar-refractivity contribution is 0.768. The van der Waals surface area contributed by atoms with Crippen molar-refractivity contribution in [2.24, 2.45) is 16.9 Å². The summed E-state index contributed by atoms with van der Waals surface area (Å²) in [5, 5.41) is 4.47. The highest BCUT2D eigenvalue weighted by Crippen LogP contribution is 2.18. The van der Waals surface area contributed by atoms with E-state index in [2.05, 4.69) is 56.6 Å². The molecule has 0 saturated heterocycles. The summed E-state index contributed by atoms with van der Waals surface area (Å²) in [6.07, 6.45) is 6.14. The fourth-order valence-corrected chi connectivity index (χ4v) is 1.86. The Morgan fingerprint density at radius 2 is 2.12 bits per heavy atom. The summed E-state index contributed by atoms with van der Waals surface area (Å²) in [6.45, 7) is 16.3. The van der Waals surface area contributed by atoms with Gasteiger partial charge in [-0.3, -0.25) is 5.43 Å². The van der Waals surface area contributed by atoms with Crippen LogP contribution in [0.1, 0.15) is 27.7 Å². The molecule has 0 amide bonds. The summed E-state index contributed by atoms with van der Waals surface area (Å²) < 4.78 is 0. The third kappa shape index (κ3) is 3.45. The van der Waals surface area contributed by atoms with Crippen LogP contribution >= 0.6 is 0 Å². The molecule has 2 nitrogen and oxygen atoms in total. The van der Waals surface area contributed by atoms with Gasteiger partial charge in [-0.25, -0.2) is 0 Å². The van der Waals surface area contributed by atoms with Gasteiger partial charge < -0.3 is 0 Å². The highest BCUT2D eigenvalue weighted by atomic mass is 15.3. The van der Waals surface area contributed by atoms with Crippen molar-refractivity contribution in [3.63, 3.8) is 0 Å². The van der Waals surface area contributed by atoms with E-state index in [-0.39, 0.29) is 0 Å². The maximum atomic E-state index is 4.47. The molecule has 0 spiro atoms. The van der Waals surface area contributed by atoms with Crippen LogP contribution < -0.4 is 5.43 Å². The van der Waals surface area contributed by atoms with Crippen molar-refractivity contribution in [3.05, 3.63) is 48.2 Å². The lowest BCUT2D eigenvalue weighted by atomic mass is 9.93. The molecule has 1 aliphatic rings. The first kappa shape index (κ1) is 13.5. The highest BCUT2D eigenvalue weighted by molar-refractivity contribution is 5.89. The van der Waals surface area contributed by atoms with E-state index in [1.165, 1.54) is 0 Å². The Morgan fingerprint density at radius 1 is 1.47 bits per heavy atom. The van der Waals surface area contributed by atoms with Gasteiger partial charge in [0.2, 0.25) is 0 Å². The number of hydrogen-bond donors (Lipinski definition) is 1. The zero-order valence-corrected chi connectivity index (χ0v) is 11.2. The molecule has 0 aliphatic carbocycles. The SMILES string of the molecule is C=CC1=C/C(C)/C(C(C)C)=N\NC(=C)\C(C)=C\1. The van der Waals surface area contributed by atoms with Gasteiger partial charge in [0.25, 0.3) is 0 Å². The molecule has 0 bridgehead atoms. The van der Waals surface area contributed by atoms with E-state index in [0.29, 0.717) is 11.8 Å². The van der Waals surface area contributed by atoms with Crippen molar-refractivity contribution in [2.75, 3.05) is 0 Å². The van der Waals surface area contributed by atoms with E-state index < -0.39 is 0 Å². The van der Waals surface area contributed by atoms with Crippen LogP contribution in [0.2, 0.25) is 0 Å². The van der Waals surface area contributed by atoms with E-state index in [4.69, 9.17) is 0 Å². The summed E-state index contributed by atoms with van der Waals surface area (Å²) in [4.78, 5) is 0. The van der Waals surface area contributed by atoms with Gasteiger partial charge in [-0.2, -0.15) is 5.10 Å². The summed E-state index contributed by atoms with van der Waals surface area (Å²) in [7, 11) is 0. The molecule has 1 N–H and O–H groups in total.